The zero-order valence-electron chi connectivity index (χ0n) is 9.08. The van der Waals surface area contributed by atoms with Crippen molar-refractivity contribution in [1.29, 1.82) is 0 Å². The van der Waals surface area contributed by atoms with E-state index in [9.17, 15) is 4.79 Å². The number of esters is 1. The summed E-state index contributed by atoms with van der Waals surface area (Å²) < 4.78 is 5.10. The minimum absolute atomic E-state index is 0.308. The molecule has 15 heavy (non-hydrogen) atoms. The van der Waals surface area contributed by atoms with Crippen LogP contribution in [0.15, 0.2) is 23.1 Å². The fraction of sp³-hybridized carbons (Fsp3) is 0.417. The van der Waals surface area contributed by atoms with Crippen molar-refractivity contribution < 1.29 is 9.53 Å². The molecule has 0 atom stereocenters. The van der Waals surface area contributed by atoms with Crippen LogP contribution in [0, 0.1) is 6.92 Å². The van der Waals surface area contributed by atoms with Crippen molar-refractivity contribution in [3.8, 4) is 0 Å². The predicted molar refractivity (Wildman–Crippen MR) is 62.2 cm³/mol. The lowest BCUT2D eigenvalue weighted by Crippen LogP contribution is -2.07. The molecule has 0 saturated carbocycles. The lowest BCUT2D eigenvalue weighted by molar-refractivity contribution is 0.0495. The highest BCUT2D eigenvalue weighted by Crippen LogP contribution is 2.16. The number of ether oxygens (including phenoxy) is 1. The van der Waals surface area contributed by atoms with E-state index in [4.69, 9.17) is 17.4 Å². The molecule has 0 aliphatic rings. The second kappa shape index (κ2) is 5.71. The molecule has 0 fully saturated rings. The van der Waals surface area contributed by atoms with Gasteiger partial charge in [-0.2, -0.15) is 0 Å². The van der Waals surface area contributed by atoms with Gasteiger partial charge in [0.2, 0.25) is 0 Å². The maximum atomic E-state index is 11.6. The molecule has 1 rings (SSSR count). The first-order valence-electron chi connectivity index (χ1n) is 5.10. The lowest BCUT2D eigenvalue weighted by atomic mass is 10.1. The fourth-order valence-corrected chi connectivity index (χ4v) is 1.40. The zero-order valence-corrected chi connectivity index (χ0v) is 9.89. The minimum Gasteiger partial charge on any atom is -0.462 e. The highest BCUT2D eigenvalue weighted by atomic mass is 32.1. The third-order valence-electron chi connectivity index (χ3n) is 2.09. The summed E-state index contributed by atoms with van der Waals surface area (Å²) in [7, 11) is 0. The summed E-state index contributed by atoms with van der Waals surface area (Å²) >= 11 is 5.07. The average molecular weight is 223 g/mol. The normalized spacial score (nSPS) is 10.0. The Labute approximate surface area is 96.1 Å². The van der Waals surface area contributed by atoms with Crippen molar-refractivity contribution in [1.82, 2.24) is 0 Å². The monoisotopic (exact) mass is 223 g/mol. The lowest BCUT2D eigenvalue weighted by Gasteiger charge is -2.06. The van der Waals surface area contributed by atoms with Crippen molar-refractivity contribution in [3.63, 3.8) is 0 Å². The number of carbonyl (C=O) groups excluding carboxylic acids is 1. The summed E-state index contributed by atoms with van der Waals surface area (Å²) in [5, 5.41) is 0. The largest absolute Gasteiger partial charge is 0.462 e. The summed E-state index contributed by atoms with van der Waals surface area (Å²) in [6.07, 6.45) is 1.91. The number of hydrogen-bond donors (Lipinski definition) is 0. The Hall–Kier alpha value is -1.09. The summed E-state index contributed by atoms with van der Waals surface area (Å²) in [5.74, 6) is -0.308. The number of carbonyl (C=O) groups is 1. The minimum atomic E-state index is -0.308. The first-order valence-corrected chi connectivity index (χ1v) is 5.50. The van der Waals surface area contributed by atoms with Gasteiger partial charge in [-0.05, 0) is 25.5 Å². The molecule has 0 amide bonds. The van der Waals surface area contributed by atoms with Gasteiger partial charge in [-0.3, -0.25) is 0 Å². The second-order valence-electron chi connectivity index (χ2n) is 3.49. The van der Waals surface area contributed by atoms with E-state index in [0.717, 1.165) is 18.4 Å². The first kappa shape index (κ1) is 12.0. The summed E-state index contributed by atoms with van der Waals surface area (Å²) in [5.41, 5.74) is 1.52. The summed E-state index contributed by atoms with van der Waals surface area (Å²) in [6.45, 7) is 4.45. The van der Waals surface area contributed by atoms with Gasteiger partial charge >= 0.3 is 5.97 Å². The highest BCUT2D eigenvalue weighted by Gasteiger charge is 2.11. The molecular formula is C12H15O2S. The molecule has 0 unspecified atom stereocenters. The molecule has 0 aliphatic carbocycles. The van der Waals surface area contributed by atoms with Gasteiger partial charge in [0.15, 0.2) is 0 Å². The van der Waals surface area contributed by atoms with E-state index < -0.39 is 0 Å². The third-order valence-corrected chi connectivity index (χ3v) is 2.44. The molecule has 3 heteroatoms. The Morgan fingerprint density at radius 2 is 2.20 bits per heavy atom. The molecule has 0 bridgehead atoms. The molecular weight excluding hydrogens is 208 g/mol. The van der Waals surface area contributed by atoms with Crippen LogP contribution in [0.25, 0.3) is 0 Å². The van der Waals surface area contributed by atoms with Crippen LogP contribution in [0.5, 0.6) is 0 Å². The third kappa shape index (κ3) is 3.51. The molecule has 1 aromatic carbocycles. The highest BCUT2D eigenvalue weighted by molar-refractivity contribution is 7.80. The number of benzene rings is 1. The second-order valence-corrected chi connectivity index (χ2v) is 3.93. The summed E-state index contributed by atoms with van der Waals surface area (Å²) in [6, 6.07) is 5.43. The van der Waals surface area contributed by atoms with Gasteiger partial charge in [0.05, 0.1) is 17.1 Å². The van der Waals surface area contributed by atoms with Gasteiger partial charge in [-0.1, -0.05) is 37.6 Å². The van der Waals surface area contributed by atoms with E-state index in [1.54, 1.807) is 12.1 Å². The summed E-state index contributed by atoms with van der Waals surface area (Å²) in [4.78, 5) is 12.2. The van der Waals surface area contributed by atoms with Gasteiger partial charge in [0, 0.05) is 0 Å². The Balaban J connectivity index is 2.68. The topological polar surface area (TPSA) is 26.3 Å². The van der Waals surface area contributed by atoms with E-state index in [2.05, 4.69) is 6.92 Å². The van der Waals surface area contributed by atoms with Gasteiger partial charge in [-0.25, -0.2) is 4.79 Å². The smallest absolute Gasteiger partial charge is 0.339 e. The molecule has 0 aliphatic heterocycles. The molecule has 0 saturated heterocycles. The molecule has 2 nitrogen and oxygen atoms in total. The number of hydrogen-bond acceptors (Lipinski definition) is 2. The molecule has 1 radical (unpaired) electrons. The van der Waals surface area contributed by atoms with Crippen molar-refractivity contribution in [3.05, 3.63) is 29.3 Å². The van der Waals surface area contributed by atoms with Gasteiger partial charge in [0.1, 0.15) is 0 Å². The van der Waals surface area contributed by atoms with Crippen LogP contribution in [-0.2, 0) is 4.74 Å². The van der Waals surface area contributed by atoms with Crippen molar-refractivity contribution in [2.75, 3.05) is 6.61 Å². The van der Waals surface area contributed by atoms with E-state index in [1.807, 2.05) is 13.0 Å². The van der Waals surface area contributed by atoms with Crippen molar-refractivity contribution in [2.24, 2.45) is 0 Å². The van der Waals surface area contributed by atoms with E-state index in [1.165, 1.54) is 0 Å². The van der Waals surface area contributed by atoms with Gasteiger partial charge in [0.25, 0.3) is 0 Å². The molecule has 0 spiro atoms. The molecule has 81 valence electrons. The number of aryl methyl sites for hydroxylation is 1. The zero-order chi connectivity index (χ0) is 11.3. The van der Waals surface area contributed by atoms with Gasteiger partial charge < -0.3 is 4.74 Å². The fourth-order valence-electron chi connectivity index (χ4n) is 1.19. The molecule has 0 N–H and O–H groups in total. The molecule has 1 aromatic rings. The van der Waals surface area contributed by atoms with Crippen LogP contribution in [0.2, 0.25) is 0 Å². The van der Waals surface area contributed by atoms with E-state index >= 15 is 0 Å². The van der Waals surface area contributed by atoms with Crippen molar-refractivity contribution in [2.45, 2.75) is 31.6 Å². The number of rotatable bonds is 4. The quantitative estimate of drug-likeness (QED) is 0.576. The Kier molecular flexibility index (Phi) is 4.56. The van der Waals surface area contributed by atoms with Gasteiger partial charge in [-0.15, -0.1) is 0 Å². The maximum absolute atomic E-state index is 11.6. The van der Waals surface area contributed by atoms with Crippen molar-refractivity contribution >= 4 is 18.6 Å². The van der Waals surface area contributed by atoms with Crippen LogP contribution in [0.4, 0.5) is 0 Å². The Bertz CT molecular complexity index is 347. The average Bonchev–Trinajstić information content (AvgIpc) is 2.22. The van der Waals surface area contributed by atoms with Crippen LogP contribution in [0.3, 0.4) is 0 Å². The Morgan fingerprint density at radius 3 is 2.87 bits per heavy atom. The maximum Gasteiger partial charge on any atom is 0.339 e. The first-order chi connectivity index (χ1) is 7.15. The van der Waals surface area contributed by atoms with E-state index in [0.29, 0.717) is 17.1 Å². The molecule has 0 heterocycles. The number of unbranched alkanes of at least 4 members (excludes halogenated alkanes) is 1. The van der Waals surface area contributed by atoms with E-state index in [-0.39, 0.29) is 5.97 Å². The SMILES string of the molecule is CCCCOC(=O)c1cc(C)ccc1[S]. The standard InChI is InChI=1S/C12H15O2S/c1-3-4-7-14-12(13)10-8-9(2)5-6-11(10)15/h5-6,8H,3-4,7H2,1-2H3. The molecule has 0 aromatic heterocycles. The van der Waals surface area contributed by atoms with Crippen LogP contribution < -0.4 is 0 Å². The Morgan fingerprint density at radius 1 is 1.47 bits per heavy atom. The van der Waals surface area contributed by atoms with Crippen LogP contribution in [0.1, 0.15) is 35.7 Å². The predicted octanol–water partition coefficient (Wildman–Crippen LogP) is 3.51. The van der Waals surface area contributed by atoms with Crippen LogP contribution >= 0.6 is 12.6 Å². The van der Waals surface area contributed by atoms with Crippen LogP contribution in [-0.4, -0.2) is 12.6 Å².